The Morgan fingerprint density at radius 2 is 1.92 bits per heavy atom. The molecule has 6 nitrogen and oxygen atoms in total. The Morgan fingerprint density at radius 3 is 2.60 bits per heavy atom. The molecule has 1 unspecified atom stereocenters. The number of hydrogen-bond donors (Lipinski definition) is 2. The first-order chi connectivity index (χ1) is 12.1. The second-order valence-corrected chi connectivity index (χ2v) is 5.70. The number of rotatable bonds is 9. The van der Waals surface area contributed by atoms with Crippen LogP contribution >= 0.6 is 0 Å². The summed E-state index contributed by atoms with van der Waals surface area (Å²) in [7, 11) is 1.62. The molecule has 0 aliphatic rings. The summed E-state index contributed by atoms with van der Waals surface area (Å²) < 4.78 is 10.7. The van der Waals surface area contributed by atoms with Gasteiger partial charge in [-0.3, -0.25) is 9.78 Å². The van der Waals surface area contributed by atoms with Crippen LogP contribution in [0.15, 0.2) is 42.7 Å². The minimum atomic E-state index is -0.168. The van der Waals surface area contributed by atoms with Crippen LogP contribution in [0.1, 0.15) is 30.6 Å². The lowest BCUT2D eigenvalue weighted by molar-refractivity contribution is 0.0946. The molecule has 1 atom stereocenters. The topological polar surface area (TPSA) is 72.5 Å². The van der Waals surface area contributed by atoms with Gasteiger partial charge >= 0.3 is 0 Å². The van der Waals surface area contributed by atoms with Gasteiger partial charge in [0.2, 0.25) is 0 Å². The first-order valence-electron chi connectivity index (χ1n) is 8.39. The molecule has 134 valence electrons. The van der Waals surface area contributed by atoms with Crippen LogP contribution in [-0.2, 0) is 0 Å². The van der Waals surface area contributed by atoms with E-state index in [1.807, 2.05) is 24.3 Å². The van der Waals surface area contributed by atoms with Crippen molar-refractivity contribution in [1.29, 1.82) is 0 Å². The van der Waals surface area contributed by atoms with E-state index in [1.54, 1.807) is 25.6 Å². The molecule has 1 heterocycles. The molecule has 0 fully saturated rings. The van der Waals surface area contributed by atoms with Crippen molar-refractivity contribution in [2.45, 2.75) is 26.3 Å². The molecular formula is C19H25N3O3. The highest BCUT2D eigenvalue weighted by Crippen LogP contribution is 2.16. The van der Waals surface area contributed by atoms with Crippen molar-refractivity contribution in [3.05, 3.63) is 48.3 Å². The van der Waals surface area contributed by atoms with Gasteiger partial charge in [0.05, 0.1) is 24.9 Å². The monoisotopic (exact) mass is 343 g/mol. The van der Waals surface area contributed by atoms with Gasteiger partial charge in [0.25, 0.3) is 5.91 Å². The fourth-order valence-electron chi connectivity index (χ4n) is 2.14. The zero-order valence-corrected chi connectivity index (χ0v) is 14.9. The average molecular weight is 343 g/mol. The van der Waals surface area contributed by atoms with E-state index < -0.39 is 0 Å². The van der Waals surface area contributed by atoms with Crippen LogP contribution in [0.5, 0.6) is 11.5 Å². The largest absolute Gasteiger partial charge is 0.497 e. The van der Waals surface area contributed by atoms with Crippen LogP contribution in [0.25, 0.3) is 0 Å². The lowest BCUT2D eigenvalue weighted by atomic mass is 10.2. The molecule has 2 rings (SSSR count). The Kier molecular flexibility index (Phi) is 7.07. The molecule has 1 aromatic carbocycles. The Bertz CT molecular complexity index is 674. The van der Waals surface area contributed by atoms with Crippen molar-refractivity contribution < 1.29 is 14.3 Å². The number of nitrogens with zero attached hydrogens (tertiary/aromatic N) is 1. The summed E-state index contributed by atoms with van der Waals surface area (Å²) in [4.78, 5) is 16.3. The predicted octanol–water partition coefficient (Wildman–Crippen LogP) is 3.11. The van der Waals surface area contributed by atoms with Crippen LogP contribution < -0.4 is 20.1 Å². The van der Waals surface area contributed by atoms with Crippen molar-refractivity contribution in [2.24, 2.45) is 0 Å². The molecule has 1 amide bonds. The number of aromatic nitrogens is 1. The van der Waals surface area contributed by atoms with E-state index in [0.717, 1.165) is 23.6 Å². The number of pyridine rings is 1. The van der Waals surface area contributed by atoms with Gasteiger partial charge < -0.3 is 20.1 Å². The Hall–Kier alpha value is -2.76. The second-order valence-electron chi connectivity index (χ2n) is 5.70. The minimum absolute atomic E-state index is 0.168. The van der Waals surface area contributed by atoms with Crippen molar-refractivity contribution in [1.82, 2.24) is 10.3 Å². The van der Waals surface area contributed by atoms with E-state index in [0.29, 0.717) is 24.8 Å². The van der Waals surface area contributed by atoms with Crippen LogP contribution in [0, 0.1) is 0 Å². The first-order valence-corrected chi connectivity index (χ1v) is 8.39. The summed E-state index contributed by atoms with van der Waals surface area (Å²) in [5, 5.41) is 6.14. The molecule has 0 spiro atoms. The average Bonchev–Trinajstić information content (AvgIpc) is 2.65. The molecule has 0 bridgehead atoms. The van der Waals surface area contributed by atoms with E-state index in [9.17, 15) is 4.79 Å². The van der Waals surface area contributed by atoms with Gasteiger partial charge in [-0.2, -0.15) is 0 Å². The van der Waals surface area contributed by atoms with Gasteiger partial charge in [-0.15, -0.1) is 0 Å². The number of benzene rings is 1. The maximum absolute atomic E-state index is 12.2. The highest BCUT2D eigenvalue weighted by Gasteiger charge is 2.07. The minimum Gasteiger partial charge on any atom is -0.497 e. The third-order valence-corrected chi connectivity index (χ3v) is 3.74. The van der Waals surface area contributed by atoms with Crippen molar-refractivity contribution >= 4 is 11.6 Å². The number of nitrogens with one attached hydrogen (secondary N) is 2. The van der Waals surface area contributed by atoms with Gasteiger partial charge in [0.15, 0.2) is 0 Å². The number of ether oxygens (including phenoxy) is 2. The molecule has 6 heteroatoms. The van der Waals surface area contributed by atoms with Crippen molar-refractivity contribution in [3.8, 4) is 11.5 Å². The molecule has 25 heavy (non-hydrogen) atoms. The SMILES string of the molecule is CCC(C)Nc1cncc(C(=O)NCCOc2ccc(OC)cc2)c1. The summed E-state index contributed by atoms with van der Waals surface area (Å²) in [6, 6.07) is 9.45. The fraction of sp³-hybridized carbons (Fsp3) is 0.368. The van der Waals surface area contributed by atoms with E-state index >= 15 is 0 Å². The van der Waals surface area contributed by atoms with Crippen LogP contribution in [0.3, 0.4) is 0 Å². The molecular weight excluding hydrogens is 318 g/mol. The van der Waals surface area contributed by atoms with Gasteiger partial charge in [-0.05, 0) is 43.7 Å². The number of anilines is 1. The number of methoxy groups -OCH3 is 1. The molecule has 1 aromatic heterocycles. The third kappa shape index (κ3) is 5.99. The maximum atomic E-state index is 12.2. The number of hydrogen-bond acceptors (Lipinski definition) is 5. The number of carbonyl (C=O) groups is 1. The lowest BCUT2D eigenvalue weighted by Crippen LogP contribution is -2.28. The summed E-state index contributed by atoms with van der Waals surface area (Å²) in [5.74, 6) is 1.34. The molecule has 2 aromatic rings. The van der Waals surface area contributed by atoms with Gasteiger partial charge in [0, 0.05) is 18.4 Å². The summed E-state index contributed by atoms with van der Waals surface area (Å²) in [6.07, 6.45) is 4.27. The number of carbonyl (C=O) groups excluding carboxylic acids is 1. The Labute approximate surface area is 148 Å². The zero-order valence-electron chi connectivity index (χ0n) is 14.9. The summed E-state index contributed by atoms with van der Waals surface area (Å²) in [5.41, 5.74) is 1.37. The fourth-order valence-corrected chi connectivity index (χ4v) is 2.14. The predicted molar refractivity (Wildman–Crippen MR) is 98.4 cm³/mol. The Balaban J connectivity index is 1.78. The standard InChI is InChI=1S/C19H25N3O3/c1-4-14(2)22-16-11-15(12-20-13-16)19(23)21-9-10-25-18-7-5-17(24-3)6-8-18/h5-8,11-14,22H,4,9-10H2,1-3H3,(H,21,23). The molecule has 0 aliphatic heterocycles. The van der Waals surface area contributed by atoms with Crippen LogP contribution in [0.2, 0.25) is 0 Å². The van der Waals surface area contributed by atoms with E-state index in [2.05, 4.69) is 29.5 Å². The summed E-state index contributed by atoms with van der Waals surface area (Å²) in [6.45, 7) is 4.98. The maximum Gasteiger partial charge on any atom is 0.253 e. The lowest BCUT2D eigenvalue weighted by Gasteiger charge is -2.13. The smallest absolute Gasteiger partial charge is 0.253 e. The second kappa shape index (κ2) is 9.52. The highest BCUT2D eigenvalue weighted by atomic mass is 16.5. The van der Waals surface area contributed by atoms with Gasteiger partial charge in [0.1, 0.15) is 18.1 Å². The molecule has 0 radical (unpaired) electrons. The quantitative estimate of drug-likeness (QED) is 0.685. The van der Waals surface area contributed by atoms with Crippen molar-refractivity contribution in [2.75, 3.05) is 25.6 Å². The van der Waals surface area contributed by atoms with E-state index in [4.69, 9.17) is 9.47 Å². The van der Waals surface area contributed by atoms with Crippen LogP contribution in [-0.4, -0.2) is 37.2 Å². The number of amides is 1. The van der Waals surface area contributed by atoms with Crippen LogP contribution in [0.4, 0.5) is 5.69 Å². The summed E-state index contributed by atoms with van der Waals surface area (Å²) >= 11 is 0. The Morgan fingerprint density at radius 1 is 1.20 bits per heavy atom. The van der Waals surface area contributed by atoms with E-state index in [-0.39, 0.29) is 5.91 Å². The molecule has 2 N–H and O–H groups in total. The van der Waals surface area contributed by atoms with Crippen molar-refractivity contribution in [3.63, 3.8) is 0 Å². The molecule has 0 saturated carbocycles. The third-order valence-electron chi connectivity index (χ3n) is 3.74. The molecule has 0 saturated heterocycles. The molecule has 0 aliphatic carbocycles. The first kappa shape index (κ1) is 18.6. The van der Waals surface area contributed by atoms with E-state index in [1.165, 1.54) is 0 Å². The normalized spacial score (nSPS) is 11.5. The highest BCUT2D eigenvalue weighted by molar-refractivity contribution is 5.94. The van der Waals surface area contributed by atoms with Gasteiger partial charge in [-0.1, -0.05) is 6.92 Å². The zero-order chi connectivity index (χ0) is 18.1. The van der Waals surface area contributed by atoms with Gasteiger partial charge in [-0.25, -0.2) is 0 Å².